The molecule has 10 heteroatoms. The van der Waals surface area contributed by atoms with Crippen molar-refractivity contribution in [3.63, 3.8) is 0 Å². The van der Waals surface area contributed by atoms with Crippen LogP contribution in [-0.2, 0) is 28.1 Å². The first-order valence-corrected chi connectivity index (χ1v) is 6.99. The van der Waals surface area contributed by atoms with Gasteiger partial charge >= 0.3 is 35.5 Å². The van der Waals surface area contributed by atoms with Gasteiger partial charge in [0.1, 0.15) is 6.61 Å². The zero-order valence-corrected chi connectivity index (χ0v) is 14.6. The van der Waals surface area contributed by atoms with Gasteiger partial charge in [-0.1, -0.05) is 6.58 Å². The molecule has 0 fully saturated rings. The summed E-state index contributed by atoms with van der Waals surface area (Å²) in [4.78, 5) is 29.4. The third kappa shape index (κ3) is 16.3. The summed E-state index contributed by atoms with van der Waals surface area (Å²) in [6.07, 6.45) is 0. The van der Waals surface area contributed by atoms with E-state index in [1.807, 2.05) is 0 Å². The van der Waals surface area contributed by atoms with Crippen molar-refractivity contribution in [2.45, 2.75) is 6.92 Å². The van der Waals surface area contributed by atoms with E-state index in [0.29, 0.717) is 5.57 Å². The third-order valence-electron chi connectivity index (χ3n) is 1.66. The van der Waals surface area contributed by atoms with Crippen LogP contribution >= 0.6 is 7.82 Å². The molecule has 0 aromatic heterocycles. The Morgan fingerprint density at radius 3 is 2.05 bits per heavy atom. The van der Waals surface area contributed by atoms with Gasteiger partial charge in [0, 0.05) is 5.57 Å². The monoisotopic (exact) mass is 320 g/mol. The van der Waals surface area contributed by atoms with Gasteiger partial charge in [0.2, 0.25) is 0 Å². The average molecular weight is 320 g/mol. The molecule has 0 bridgehead atoms. The van der Waals surface area contributed by atoms with E-state index in [1.54, 1.807) is 6.92 Å². The molecule has 1 unspecified atom stereocenters. The molecule has 0 aromatic rings. The summed E-state index contributed by atoms with van der Waals surface area (Å²) in [5, 5.41) is 0. The maximum absolute atomic E-state index is 10.9. The van der Waals surface area contributed by atoms with Crippen molar-refractivity contribution in [2.75, 3.05) is 39.6 Å². The van der Waals surface area contributed by atoms with Crippen LogP contribution in [0, 0.1) is 0 Å². The number of rotatable bonds is 11. The molecular formula is C10H18NaO8P. The predicted molar refractivity (Wildman–Crippen MR) is 63.2 cm³/mol. The van der Waals surface area contributed by atoms with Crippen LogP contribution in [0.4, 0.5) is 0 Å². The third-order valence-corrected chi connectivity index (χ3v) is 2.17. The number of hydrogen-bond acceptors (Lipinski definition) is 7. The van der Waals surface area contributed by atoms with Crippen LogP contribution in [-0.4, -0.2) is 50.5 Å². The minimum absolute atomic E-state index is 0. The van der Waals surface area contributed by atoms with E-state index < -0.39 is 13.8 Å². The van der Waals surface area contributed by atoms with Gasteiger partial charge in [0.25, 0.3) is 7.82 Å². The smallest absolute Gasteiger partial charge is 0.756 e. The van der Waals surface area contributed by atoms with Gasteiger partial charge < -0.3 is 28.5 Å². The van der Waals surface area contributed by atoms with Crippen LogP contribution in [0.1, 0.15) is 6.92 Å². The Morgan fingerprint density at radius 2 is 1.60 bits per heavy atom. The van der Waals surface area contributed by atoms with E-state index in [-0.39, 0.29) is 69.2 Å². The van der Waals surface area contributed by atoms with Crippen molar-refractivity contribution in [3.8, 4) is 0 Å². The molecule has 0 saturated carbocycles. The minimum atomic E-state index is -4.67. The summed E-state index contributed by atoms with van der Waals surface area (Å²) in [6.45, 7) is 5.57. The molecule has 0 radical (unpaired) electrons. The van der Waals surface area contributed by atoms with Crippen molar-refractivity contribution in [2.24, 2.45) is 0 Å². The van der Waals surface area contributed by atoms with Crippen molar-refractivity contribution in [1.29, 1.82) is 0 Å². The van der Waals surface area contributed by atoms with Gasteiger partial charge in [-0.25, -0.2) is 4.79 Å². The summed E-state index contributed by atoms with van der Waals surface area (Å²) in [7, 11) is -4.67. The zero-order chi connectivity index (χ0) is 14.7. The molecule has 0 aliphatic carbocycles. The van der Waals surface area contributed by atoms with Gasteiger partial charge in [-0.05, 0) is 6.92 Å². The van der Waals surface area contributed by atoms with Crippen LogP contribution in [0.3, 0.4) is 0 Å². The Labute approximate surface area is 140 Å². The molecule has 0 aromatic carbocycles. The molecule has 8 nitrogen and oxygen atoms in total. The van der Waals surface area contributed by atoms with E-state index in [0.717, 1.165) is 0 Å². The topological polar surface area (TPSA) is 114 Å². The summed E-state index contributed by atoms with van der Waals surface area (Å²) < 4.78 is 29.0. The van der Waals surface area contributed by atoms with E-state index in [1.165, 1.54) is 0 Å². The first-order chi connectivity index (χ1) is 8.83. The fourth-order valence-corrected chi connectivity index (χ4v) is 1.16. The van der Waals surface area contributed by atoms with Crippen molar-refractivity contribution < 1.29 is 67.4 Å². The first-order valence-electron chi connectivity index (χ1n) is 5.49. The standard InChI is InChI=1S/C10H19O8P.Na/c1-9(2)10(11)17-7-5-15-3-4-16-6-8-18-19(12,13)14;/h1,3-8H2,2H3,(H2,12,13,14);/q;+1/p-1. The van der Waals surface area contributed by atoms with E-state index in [4.69, 9.17) is 19.1 Å². The van der Waals surface area contributed by atoms with Crippen LogP contribution < -0.4 is 34.5 Å². The summed E-state index contributed by atoms with van der Waals surface area (Å²) in [5.41, 5.74) is 0.322. The fourth-order valence-electron chi connectivity index (χ4n) is 0.850. The minimum Gasteiger partial charge on any atom is -0.756 e. The van der Waals surface area contributed by atoms with Crippen molar-refractivity contribution in [1.82, 2.24) is 0 Å². The number of phosphoric ester groups is 1. The normalized spacial score (nSPS) is 13.2. The maximum atomic E-state index is 10.9. The summed E-state index contributed by atoms with van der Waals surface area (Å²) >= 11 is 0. The zero-order valence-electron chi connectivity index (χ0n) is 11.7. The second-order valence-electron chi connectivity index (χ2n) is 3.44. The van der Waals surface area contributed by atoms with Gasteiger partial charge in [0.05, 0.1) is 33.0 Å². The fraction of sp³-hybridized carbons (Fsp3) is 0.700. The predicted octanol–water partition coefficient (Wildman–Crippen LogP) is -3.38. The van der Waals surface area contributed by atoms with Gasteiger partial charge in [-0.3, -0.25) is 4.57 Å². The molecular weight excluding hydrogens is 302 g/mol. The molecule has 0 saturated heterocycles. The van der Waals surface area contributed by atoms with Gasteiger partial charge in [0.15, 0.2) is 0 Å². The number of esters is 1. The van der Waals surface area contributed by atoms with Crippen molar-refractivity contribution in [3.05, 3.63) is 12.2 Å². The molecule has 0 aliphatic heterocycles. The second-order valence-corrected chi connectivity index (χ2v) is 4.64. The summed E-state index contributed by atoms with van der Waals surface area (Å²) in [6, 6.07) is 0. The second kappa shape index (κ2) is 12.9. The SMILES string of the molecule is C=C(C)C(=O)OCCOCCOCCOP(=O)([O-])O.[Na+]. The molecule has 0 aliphatic rings. The molecule has 0 spiro atoms. The Bertz CT molecular complexity index is 329. The maximum Gasteiger partial charge on any atom is 1.00 e. The van der Waals surface area contributed by atoms with Crippen LogP contribution in [0.25, 0.3) is 0 Å². The number of carbonyl (C=O) groups excluding carboxylic acids is 1. The van der Waals surface area contributed by atoms with E-state index in [9.17, 15) is 14.3 Å². The molecule has 1 N–H and O–H groups in total. The Kier molecular flexibility index (Phi) is 14.6. The number of hydrogen-bond donors (Lipinski definition) is 1. The molecule has 20 heavy (non-hydrogen) atoms. The van der Waals surface area contributed by atoms with Crippen molar-refractivity contribution >= 4 is 13.8 Å². The summed E-state index contributed by atoms with van der Waals surface area (Å²) in [5.74, 6) is -0.469. The Morgan fingerprint density at radius 1 is 1.15 bits per heavy atom. The number of ether oxygens (including phenoxy) is 3. The van der Waals surface area contributed by atoms with Crippen LogP contribution in [0.2, 0.25) is 0 Å². The molecule has 0 rings (SSSR count). The van der Waals surface area contributed by atoms with Gasteiger partial charge in [-0.15, -0.1) is 0 Å². The van der Waals surface area contributed by atoms with E-state index in [2.05, 4.69) is 11.1 Å². The Hall–Kier alpha value is 0.240. The quantitative estimate of drug-likeness (QED) is 0.138. The first kappa shape index (κ1) is 22.5. The molecule has 0 heterocycles. The average Bonchev–Trinajstić information content (AvgIpc) is 2.29. The Balaban J connectivity index is 0. The largest absolute Gasteiger partial charge is 1.00 e. The van der Waals surface area contributed by atoms with Gasteiger partial charge in [-0.2, -0.15) is 0 Å². The molecule has 1 atom stereocenters. The molecule has 0 amide bonds. The van der Waals surface area contributed by atoms with Crippen LogP contribution in [0.15, 0.2) is 12.2 Å². The number of carbonyl (C=O) groups is 1. The van der Waals surface area contributed by atoms with Crippen LogP contribution in [0.5, 0.6) is 0 Å². The molecule has 112 valence electrons. The number of phosphoric acid groups is 1. The van der Waals surface area contributed by atoms with E-state index >= 15 is 0 Å².